The number of hydrogen-bond donors (Lipinski definition) is 2. The van der Waals surface area contributed by atoms with Gasteiger partial charge in [0.15, 0.2) is 0 Å². The molecule has 0 aliphatic carbocycles. The van der Waals surface area contributed by atoms with Crippen molar-refractivity contribution < 1.29 is 9.59 Å². The molecule has 148 valence electrons. The lowest BCUT2D eigenvalue weighted by Crippen LogP contribution is -2.48. The Kier molecular flexibility index (Phi) is 8.35. The normalized spacial score (nSPS) is 12.2. The van der Waals surface area contributed by atoms with Gasteiger partial charge >= 0.3 is 0 Å². The number of nitrogens with one attached hydrogen (secondary N) is 2. The average Bonchev–Trinajstić information content (AvgIpc) is 2.66. The van der Waals surface area contributed by atoms with Gasteiger partial charge < -0.3 is 5.32 Å². The third-order valence-electron chi connectivity index (χ3n) is 3.92. The lowest BCUT2D eigenvalue weighted by molar-refractivity contribution is -0.123. The van der Waals surface area contributed by atoms with Gasteiger partial charge in [0.05, 0.1) is 16.8 Å². The summed E-state index contributed by atoms with van der Waals surface area (Å²) in [6, 6.07) is 11.6. The van der Waals surface area contributed by atoms with Crippen LogP contribution in [0.1, 0.15) is 29.8 Å². The highest BCUT2D eigenvalue weighted by atomic mass is 35.5. The first-order valence-electron chi connectivity index (χ1n) is 8.54. The molecule has 28 heavy (non-hydrogen) atoms. The van der Waals surface area contributed by atoms with Crippen molar-refractivity contribution >= 4 is 53.0 Å². The molecule has 2 aromatic carbocycles. The molecule has 2 amide bonds. The van der Waals surface area contributed by atoms with Crippen LogP contribution in [0.4, 0.5) is 0 Å². The van der Waals surface area contributed by atoms with Crippen molar-refractivity contribution in [3.63, 3.8) is 0 Å². The predicted molar refractivity (Wildman–Crippen MR) is 117 cm³/mol. The number of amides is 2. The van der Waals surface area contributed by atoms with E-state index in [4.69, 9.17) is 23.2 Å². The summed E-state index contributed by atoms with van der Waals surface area (Å²) >= 11 is 13.6. The predicted octanol–water partition coefficient (Wildman–Crippen LogP) is 4.62. The van der Waals surface area contributed by atoms with Crippen LogP contribution in [0.2, 0.25) is 10.0 Å². The van der Waals surface area contributed by atoms with E-state index in [-0.39, 0.29) is 16.5 Å². The monoisotopic (exact) mass is 437 g/mol. The molecule has 0 aromatic heterocycles. The lowest BCUT2D eigenvalue weighted by atomic mass is 10.0. The summed E-state index contributed by atoms with van der Waals surface area (Å²) in [5, 5.41) is 7.34. The number of hydrazone groups is 1. The minimum Gasteiger partial charge on any atom is -0.340 e. The summed E-state index contributed by atoms with van der Waals surface area (Å²) < 4.78 is 0. The van der Waals surface area contributed by atoms with Gasteiger partial charge in [-0.15, -0.1) is 11.8 Å². The first-order valence-corrected chi connectivity index (χ1v) is 10.5. The number of carbonyl (C=O) groups is 2. The van der Waals surface area contributed by atoms with Crippen LogP contribution in [-0.4, -0.2) is 30.3 Å². The Morgan fingerprint density at radius 3 is 2.36 bits per heavy atom. The molecule has 5 nitrogen and oxygen atoms in total. The van der Waals surface area contributed by atoms with E-state index in [1.807, 2.05) is 44.4 Å². The van der Waals surface area contributed by atoms with Crippen LogP contribution in [0.25, 0.3) is 0 Å². The number of benzene rings is 2. The molecule has 0 heterocycles. The molecule has 2 N–H and O–H groups in total. The molecule has 0 bridgehead atoms. The Hall–Kier alpha value is -2.02. The van der Waals surface area contributed by atoms with E-state index in [1.165, 1.54) is 12.1 Å². The molecule has 1 atom stereocenters. The Morgan fingerprint density at radius 2 is 1.79 bits per heavy atom. The van der Waals surface area contributed by atoms with Crippen molar-refractivity contribution in [3.05, 3.63) is 63.6 Å². The maximum atomic E-state index is 12.5. The number of hydrogen-bond acceptors (Lipinski definition) is 4. The van der Waals surface area contributed by atoms with Gasteiger partial charge in [0, 0.05) is 9.92 Å². The van der Waals surface area contributed by atoms with Crippen LogP contribution < -0.4 is 10.7 Å². The second-order valence-electron chi connectivity index (χ2n) is 6.33. The summed E-state index contributed by atoms with van der Waals surface area (Å²) in [7, 11) is 0. The highest BCUT2D eigenvalue weighted by molar-refractivity contribution is 7.98. The first kappa shape index (κ1) is 22.3. The summed E-state index contributed by atoms with van der Waals surface area (Å²) in [4.78, 5) is 26.1. The van der Waals surface area contributed by atoms with Crippen LogP contribution in [0.5, 0.6) is 0 Å². The van der Waals surface area contributed by atoms with Crippen molar-refractivity contribution in [2.75, 3.05) is 6.26 Å². The summed E-state index contributed by atoms with van der Waals surface area (Å²) in [5.41, 5.74) is 3.59. The molecule has 0 aliphatic heterocycles. The average molecular weight is 438 g/mol. The van der Waals surface area contributed by atoms with Crippen molar-refractivity contribution in [1.29, 1.82) is 0 Å². The zero-order valence-electron chi connectivity index (χ0n) is 15.7. The van der Waals surface area contributed by atoms with Crippen LogP contribution in [0.15, 0.2) is 52.5 Å². The SMILES string of the molecule is CSc1ccc(/C=N\NC(=O)C(NC(=O)c2ccc(Cl)cc2Cl)C(C)C)cc1. The molecule has 1 unspecified atom stereocenters. The lowest BCUT2D eigenvalue weighted by Gasteiger charge is -2.20. The molecular weight excluding hydrogens is 417 g/mol. The quantitative estimate of drug-likeness (QED) is 0.377. The smallest absolute Gasteiger partial charge is 0.262 e. The standard InChI is InChI=1S/C20H21Cl2N3O2S/c1-12(2)18(24-19(26)16-9-6-14(21)10-17(16)22)20(27)25-23-11-13-4-7-15(28-3)8-5-13/h4-12,18H,1-3H3,(H,24,26)(H,25,27)/b23-11-. The van der Waals surface area contributed by atoms with Gasteiger partial charge in [0.25, 0.3) is 11.8 Å². The van der Waals surface area contributed by atoms with Crippen molar-refractivity contribution in [2.45, 2.75) is 24.8 Å². The van der Waals surface area contributed by atoms with E-state index in [1.54, 1.807) is 24.0 Å². The maximum Gasteiger partial charge on any atom is 0.262 e. The molecule has 0 saturated heterocycles. The molecule has 2 aromatic rings. The van der Waals surface area contributed by atoms with Gasteiger partial charge in [-0.1, -0.05) is 49.2 Å². The maximum absolute atomic E-state index is 12.5. The number of carbonyl (C=O) groups excluding carboxylic acids is 2. The number of halogens is 2. The Morgan fingerprint density at radius 1 is 1.11 bits per heavy atom. The summed E-state index contributed by atoms with van der Waals surface area (Å²) in [6.45, 7) is 3.66. The van der Waals surface area contributed by atoms with E-state index in [9.17, 15) is 9.59 Å². The van der Waals surface area contributed by atoms with Crippen molar-refractivity contribution in [1.82, 2.24) is 10.7 Å². The zero-order chi connectivity index (χ0) is 20.7. The first-order chi connectivity index (χ1) is 13.3. The fraction of sp³-hybridized carbons (Fsp3) is 0.250. The largest absolute Gasteiger partial charge is 0.340 e. The van der Waals surface area contributed by atoms with Gasteiger partial charge in [-0.3, -0.25) is 9.59 Å². The second-order valence-corrected chi connectivity index (χ2v) is 8.05. The van der Waals surface area contributed by atoms with Gasteiger partial charge in [-0.2, -0.15) is 5.10 Å². The van der Waals surface area contributed by atoms with Crippen LogP contribution in [0.3, 0.4) is 0 Å². The zero-order valence-corrected chi connectivity index (χ0v) is 18.0. The highest BCUT2D eigenvalue weighted by Gasteiger charge is 2.25. The minimum absolute atomic E-state index is 0.147. The number of nitrogens with zero attached hydrogens (tertiary/aromatic N) is 1. The van der Waals surface area contributed by atoms with Gasteiger partial charge in [0.2, 0.25) is 0 Å². The summed E-state index contributed by atoms with van der Waals surface area (Å²) in [6.07, 6.45) is 3.55. The summed E-state index contributed by atoms with van der Waals surface area (Å²) in [5.74, 6) is -1.01. The van der Waals surface area contributed by atoms with Crippen molar-refractivity contribution in [3.8, 4) is 0 Å². The molecular formula is C20H21Cl2N3O2S. The fourth-order valence-electron chi connectivity index (χ4n) is 2.36. The Balaban J connectivity index is 2.02. The highest BCUT2D eigenvalue weighted by Crippen LogP contribution is 2.21. The Bertz CT molecular complexity index is 870. The third kappa shape index (κ3) is 6.26. The van der Waals surface area contributed by atoms with Crippen LogP contribution in [-0.2, 0) is 4.79 Å². The Labute approximate surface area is 178 Å². The molecule has 0 saturated carbocycles. The van der Waals surface area contributed by atoms with Gasteiger partial charge in [0.1, 0.15) is 6.04 Å². The van der Waals surface area contributed by atoms with Crippen LogP contribution in [0, 0.1) is 5.92 Å². The number of rotatable bonds is 7. The van der Waals surface area contributed by atoms with E-state index >= 15 is 0 Å². The van der Waals surface area contributed by atoms with Crippen LogP contribution >= 0.6 is 35.0 Å². The van der Waals surface area contributed by atoms with E-state index in [0.29, 0.717) is 5.02 Å². The number of thioether (sulfide) groups is 1. The van der Waals surface area contributed by atoms with E-state index in [0.717, 1.165) is 10.5 Å². The van der Waals surface area contributed by atoms with Gasteiger partial charge in [-0.05, 0) is 48.1 Å². The third-order valence-corrected chi connectivity index (χ3v) is 5.21. The van der Waals surface area contributed by atoms with E-state index in [2.05, 4.69) is 15.8 Å². The van der Waals surface area contributed by atoms with Crippen molar-refractivity contribution in [2.24, 2.45) is 11.0 Å². The minimum atomic E-state index is -0.768. The van der Waals surface area contributed by atoms with Gasteiger partial charge in [-0.25, -0.2) is 5.43 Å². The molecule has 0 aliphatic rings. The molecule has 2 rings (SSSR count). The second kappa shape index (κ2) is 10.5. The van der Waals surface area contributed by atoms with E-state index < -0.39 is 17.9 Å². The topological polar surface area (TPSA) is 70.6 Å². The molecule has 8 heteroatoms. The molecule has 0 fully saturated rings. The fourth-order valence-corrected chi connectivity index (χ4v) is 3.26. The molecule has 0 radical (unpaired) electrons. The molecule has 0 spiro atoms.